The van der Waals surface area contributed by atoms with Gasteiger partial charge in [0.15, 0.2) is 0 Å². The highest BCUT2D eigenvalue weighted by molar-refractivity contribution is 6.33. The Labute approximate surface area is 707 Å². The van der Waals surface area contributed by atoms with Crippen LogP contribution in [0.5, 0.6) is 17.6 Å². The normalized spacial score (nSPS) is 17.9. The van der Waals surface area contributed by atoms with Crippen molar-refractivity contribution >= 4 is 88.1 Å². The summed E-state index contributed by atoms with van der Waals surface area (Å²) in [6, 6.07) is 29.2. The van der Waals surface area contributed by atoms with Crippen molar-refractivity contribution in [1.82, 2.24) is 75.5 Å². The van der Waals surface area contributed by atoms with Crippen LogP contribution >= 0.6 is 34.8 Å². The van der Waals surface area contributed by atoms with Crippen molar-refractivity contribution in [1.29, 1.82) is 0 Å². The van der Waals surface area contributed by atoms with Crippen molar-refractivity contribution in [2.75, 3.05) is 116 Å². The summed E-state index contributed by atoms with van der Waals surface area (Å²) in [6.45, 7) is 8.14. The zero-order valence-electron chi connectivity index (χ0n) is 66.8. The first-order valence-corrected chi connectivity index (χ1v) is 40.5. The van der Waals surface area contributed by atoms with Gasteiger partial charge in [-0.25, -0.2) is 44.9 Å². The number of aliphatic hydroxyl groups excluding tert-OH is 3. The van der Waals surface area contributed by atoms with Crippen LogP contribution in [0.25, 0.3) is 33.8 Å². The van der Waals surface area contributed by atoms with E-state index >= 15 is 0 Å². The number of methoxy groups -OCH3 is 3. The smallest absolute Gasteiger partial charge is 0.255 e. The van der Waals surface area contributed by atoms with E-state index in [2.05, 4.69) is 76.8 Å². The van der Waals surface area contributed by atoms with Gasteiger partial charge in [-0.1, -0.05) is 89.4 Å². The van der Waals surface area contributed by atoms with Gasteiger partial charge < -0.3 is 90.3 Å². The topological polar surface area (TPSA) is 416 Å². The van der Waals surface area contributed by atoms with Gasteiger partial charge in [0.25, 0.3) is 17.7 Å². The molecule has 6 aromatic heterocycles. The minimum Gasteiger partial charge on any atom is -0.481 e. The van der Waals surface area contributed by atoms with Crippen molar-refractivity contribution < 1.29 is 72.5 Å². The molecule has 0 aliphatic carbocycles. The summed E-state index contributed by atoms with van der Waals surface area (Å²) < 4.78 is 31.6. The summed E-state index contributed by atoms with van der Waals surface area (Å²) in [6.07, 6.45) is 9.85. The number of aliphatic hydroxyl groups is 3. The number of rotatable bonds is 27. The number of pyridine rings is 3. The van der Waals surface area contributed by atoms with Crippen LogP contribution in [0.4, 0.5) is 17.8 Å². The SMILES string of the molecule is COc1cccc([C@@H](CO)NC(=O)CN2C(=O)c3cc(-c4nc(NC5CCOCC5)ncc4Cl)ccc3C2C)n1.COc1cccc([C@@H](CO)NC(=O)CN2C(=O)c3cc(-c4nc(NC5CCOCC5)ncc4Cl)ccc3[C@@H]2C)n1.COc1cccc([C@@H](CO)NC(=O)CN2C(=O)c3cc(-c4nc(NC5CCOCC5)ncc4Cl)ccc3[C@H]2C)n1. The third kappa shape index (κ3) is 20.5. The Balaban J connectivity index is 0.000000156. The summed E-state index contributed by atoms with van der Waals surface area (Å²) in [5.41, 5.74) is 8.82. The Morgan fingerprint density at radius 2 is 0.683 bits per heavy atom. The van der Waals surface area contributed by atoms with Crippen molar-refractivity contribution in [3.63, 3.8) is 0 Å². The highest BCUT2D eigenvalue weighted by Gasteiger charge is 2.40. The van der Waals surface area contributed by atoms with Gasteiger partial charge in [-0.3, -0.25) is 28.8 Å². The average Bonchev–Trinajstić information content (AvgIpc) is 1.62. The molecule has 630 valence electrons. The van der Waals surface area contributed by atoms with Gasteiger partial charge in [0.2, 0.25) is 53.2 Å². The Morgan fingerprint density at radius 3 is 0.933 bits per heavy atom. The summed E-state index contributed by atoms with van der Waals surface area (Å²) >= 11 is 19.4. The number of carbonyl (C=O) groups excluding carboxylic acids is 6. The second kappa shape index (κ2) is 40.1. The van der Waals surface area contributed by atoms with E-state index in [9.17, 15) is 44.1 Å². The van der Waals surface area contributed by atoms with Gasteiger partial charge >= 0.3 is 0 Å². The standard InChI is InChI=1S/3C28H31ClN6O5/c3*1-16-19-7-6-17(26-21(29)13-30-28(34-26)31-18-8-10-40-11-9-18)12-20(19)27(38)35(16)14-24(37)32-23(15-36)22-4-3-5-25(33-22)39-2/h3*3-7,12-13,16,18,23,36H,8-11,14-15H2,1-2H3,(H,32,37)(H,30,31,34)/t16?,23-;16-,23+;16-,23-/m101/s1. The van der Waals surface area contributed by atoms with Crippen LogP contribution in [0.1, 0.15) is 160 Å². The number of benzene rings is 3. The number of nitrogens with one attached hydrogen (secondary N) is 6. The second-order valence-corrected chi connectivity index (χ2v) is 30.4. The van der Waals surface area contributed by atoms with Crippen LogP contribution in [-0.2, 0) is 28.6 Å². The van der Waals surface area contributed by atoms with Gasteiger partial charge in [-0.2, -0.15) is 0 Å². The van der Waals surface area contributed by atoms with Crippen LogP contribution in [-0.4, -0.2) is 229 Å². The van der Waals surface area contributed by atoms with E-state index in [-0.39, 0.29) is 93.4 Å². The van der Waals surface area contributed by atoms with Gasteiger partial charge in [0.1, 0.15) is 19.6 Å². The predicted molar refractivity (Wildman–Crippen MR) is 444 cm³/mol. The molecule has 3 fully saturated rings. The lowest BCUT2D eigenvalue weighted by molar-refractivity contribution is -0.124. The molecular weight excluding hydrogens is 1610 g/mol. The quantitative estimate of drug-likeness (QED) is 0.0231. The Morgan fingerprint density at radius 1 is 0.417 bits per heavy atom. The third-order valence-electron chi connectivity index (χ3n) is 21.5. The maximum atomic E-state index is 13.4. The first-order chi connectivity index (χ1) is 58.1. The monoisotopic (exact) mass is 1700 g/mol. The van der Waals surface area contributed by atoms with Crippen LogP contribution in [0.15, 0.2) is 128 Å². The van der Waals surface area contributed by atoms with E-state index in [0.29, 0.717) is 158 Å². The second-order valence-electron chi connectivity index (χ2n) is 29.2. The number of fused-ring (bicyclic) bond motifs is 3. The van der Waals surface area contributed by atoms with Crippen LogP contribution in [0.2, 0.25) is 15.1 Å². The Bertz CT molecular complexity index is 4700. The molecule has 120 heavy (non-hydrogen) atoms. The van der Waals surface area contributed by atoms with Crippen LogP contribution in [0.3, 0.4) is 0 Å². The first-order valence-electron chi connectivity index (χ1n) is 39.3. The molecule has 6 atom stereocenters. The molecule has 33 nitrogen and oxygen atoms in total. The molecule has 36 heteroatoms. The van der Waals surface area contributed by atoms with Crippen molar-refractivity contribution in [2.45, 2.75) is 114 Å². The number of carbonyl (C=O) groups is 6. The van der Waals surface area contributed by atoms with Gasteiger partial charge in [0, 0.05) is 109 Å². The minimum absolute atomic E-state index is 0.183. The Kier molecular flexibility index (Phi) is 28.9. The highest BCUT2D eigenvalue weighted by atomic mass is 35.5. The van der Waals surface area contributed by atoms with Gasteiger partial charge in [-0.15, -0.1) is 0 Å². The lowest BCUT2D eigenvalue weighted by Crippen LogP contribution is -2.41. The number of halogens is 3. The highest BCUT2D eigenvalue weighted by Crippen LogP contribution is 2.41. The number of hydrogen-bond acceptors (Lipinski definition) is 27. The fourth-order valence-electron chi connectivity index (χ4n) is 14.9. The van der Waals surface area contributed by atoms with Gasteiger partial charge in [0.05, 0.1) is 145 Å². The number of anilines is 3. The largest absolute Gasteiger partial charge is 0.481 e. The van der Waals surface area contributed by atoms with Crippen LogP contribution < -0.4 is 46.1 Å². The van der Waals surface area contributed by atoms with Crippen molar-refractivity contribution in [3.8, 4) is 51.4 Å². The third-order valence-corrected chi connectivity index (χ3v) is 22.4. The number of aromatic nitrogens is 9. The molecule has 9 aromatic rings. The average molecular weight is 1700 g/mol. The summed E-state index contributed by atoms with van der Waals surface area (Å²) in [5.74, 6) is 0.441. The molecule has 0 spiro atoms. The molecule has 0 radical (unpaired) electrons. The number of nitrogens with zero attached hydrogens (tertiary/aromatic N) is 12. The van der Waals surface area contributed by atoms with E-state index in [1.807, 2.05) is 57.2 Å². The first kappa shape index (κ1) is 86.4. The van der Waals surface area contributed by atoms with Gasteiger partial charge in [-0.05, 0) is 112 Å². The molecule has 9 N–H and O–H groups in total. The van der Waals surface area contributed by atoms with E-state index in [4.69, 9.17) is 63.2 Å². The van der Waals surface area contributed by atoms with E-state index in [0.717, 1.165) is 55.2 Å². The molecule has 6 aliphatic heterocycles. The van der Waals surface area contributed by atoms with E-state index in [1.165, 1.54) is 36.0 Å². The molecule has 12 heterocycles. The number of ether oxygens (including phenoxy) is 6. The predicted octanol–water partition coefficient (Wildman–Crippen LogP) is 9.47. The fraction of sp³-hybridized carbons (Fsp3) is 0.393. The maximum Gasteiger partial charge on any atom is 0.255 e. The molecule has 6 amide bonds. The summed E-state index contributed by atoms with van der Waals surface area (Å²) in [5, 5.41) is 49.0. The van der Waals surface area contributed by atoms with Crippen molar-refractivity contribution in [2.24, 2.45) is 0 Å². The lowest BCUT2D eigenvalue weighted by Gasteiger charge is -2.23. The molecule has 15 rings (SSSR count). The molecular formula is C84H93Cl3N18O15. The summed E-state index contributed by atoms with van der Waals surface area (Å²) in [4.78, 5) is 123. The zero-order valence-corrected chi connectivity index (χ0v) is 69.1. The molecule has 6 aliphatic rings. The molecule has 1 unspecified atom stereocenters. The van der Waals surface area contributed by atoms with Crippen molar-refractivity contribution in [3.05, 3.63) is 193 Å². The molecule has 0 bridgehead atoms. The van der Waals surface area contributed by atoms with E-state index < -0.39 is 35.8 Å². The Hall–Kier alpha value is -11.4. The van der Waals surface area contributed by atoms with Crippen LogP contribution in [0, 0.1) is 0 Å². The molecule has 3 saturated heterocycles. The molecule has 0 saturated carbocycles. The van der Waals surface area contributed by atoms with E-state index in [1.54, 1.807) is 91.4 Å². The maximum absolute atomic E-state index is 13.4. The fourth-order valence-corrected chi connectivity index (χ4v) is 15.5. The molecule has 3 aromatic carbocycles. The lowest BCUT2D eigenvalue weighted by atomic mass is 10.0. The minimum atomic E-state index is -0.742. The summed E-state index contributed by atoms with van der Waals surface area (Å²) in [7, 11) is 4.47. The number of amides is 6. The number of hydrogen-bond donors (Lipinski definition) is 9. The zero-order chi connectivity index (χ0) is 84.7.